The van der Waals surface area contributed by atoms with E-state index in [1.807, 2.05) is 0 Å². The standard InChI is InChI=1S/C21H26N10O13P2/c22-17-10-8(24-4-25-17)9(29-30-10)15-13(34)14(43-45(36)37)6(41-15)1-2-40-46(38,39)44-16-12(33)7(3-32)42-20(16)31-5-26-11-18(31)27-21(23)28-19(11)35/h4-7,12-16,20,32-34H,1-3H2,(H7-,22,23,24,25,27,28,29,30,35,36,37,38,39)/p+1/t6-,7-,12-,13-,14-,15+,16-,20-/m1/s1. The van der Waals surface area contributed by atoms with Gasteiger partial charge in [0, 0.05) is 11.0 Å². The van der Waals surface area contributed by atoms with Gasteiger partial charge in [-0.2, -0.15) is 10.1 Å². The lowest BCUT2D eigenvalue weighted by atomic mass is 10.0. The second-order valence-corrected chi connectivity index (χ2v) is 12.3. The van der Waals surface area contributed by atoms with Crippen LogP contribution < -0.4 is 17.0 Å². The van der Waals surface area contributed by atoms with Gasteiger partial charge in [0.15, 0.2) is 34.8 Å². The molecule has 6 rings (SSSR count). The number of nitrogens with two attached hydrogens (primary N) is 2. The number of aliphatic hydroxyl groups is 3. The number of aromatic nitrogens is 8. The largest absolute Gasteiger partial charge is 0.695 e. The summed E-state index contributed by atoms with van der Waals surface area (Å²) < 4.78 is 52.6. The van der Waals surface area contributed by atoms with Gasteiger partial charge < -0.3 is 41.2 Å². The normalized spacial score (nSPS) is 29.9. The quantitative estimate of drug-likeness (QED) is 0.0743. The molecule has 2 unspecified atom stereocenters. The average Bonchev–Trinajstić information content (AvgIpc) is 3.75. The van der Waals surface area contributed by atoms with Crippen LogP contribution in [0.2, 0.25) is 0 Å². The van der Waals surface area contributed by atoms with Gasteiger partial charge in [-0.05, 0) is 0 Å². The molecule has 0 spiro atoms. The Labute approximate surface area is 256 Å². The Morgan fingerprint density at radius 2 is 1.87 bits per heavy atom. The van der Waals surface area contributed by atoms with E-state index in [2.05, 4.69) is 35.1 Å². The summed E-state index contributed by atoms with van der Waals surface area (Å²) in [5.74, 6) is -0.215. The summed E-state index contributed by atoms with van der Waals surface area (Å²) >= 11 is 0. The molecule has 0 aromatic carbocycles. The number of hydrogen-bond donors (Lipinski definition) is 9. The summed E-state index contributed by atoms with van der Waals surface area (Å²) in [4.78, 5) is 50.3. The summed E-state index contributed by atoms with van der Waals surface area (Å²) in [7, 11) is -8.25. The number of nitrogens with one attached hydrogen (secondary N) is 2. The first kappa shape index (κ1) is 32.4. The van der Waals surface area contributed by atoms with Crippen LogP contribution in [0.15, 0.2) is 17.4 Å². The molecule has 2 aliphatic heterocycles. The number of phosphoric acid groups is 1. The molecule has 4 aromatic heterocycles. The monoisotopic (exact) mass is 689 g/mol. The lowest BCUT2D eigenvalue weighted by Gasteiger charge is -2.24. The smallest absolute Gasteiger partial charge is 0.394 e. The molecule has 0 bridgehead atoms. The first-order valence-corrected chi connectivity index (χ1v) is 15.9. The van der Waals surface area contributed by atoms with Gasteiger partial charge in [0.05, 0.1) is 31.3 Å². The Morgan fingerprint density at radius 1 is 1.09 bits per heavy atom. The van der Waals surface area contributed by atoms with Crippen LogP contribution in [0.25, 0.3) is 22.2 Å². The second kappa shape index (κ2) is 12.6. The molecule has 25 heteroatoms. The van der Waals surface area contributed by atoms with Gasteiger partial charge in [0.2, 0.25) is 5.95 Å². The Morgan fingerprint density at radius 3 is 2.61 bits per heavy atom. The summed E-state index contributed by atoms with van der Waals surface area (Å²) in [6.07, 6.45) is -9.33. The van der Waals surface area contributed by atoms with Crippen LogP contribution >= 0.6 is 16.1 Å². The zero-order valence-electron chi connectivity index (χ0n) is 23.1. The Kier molecular flexibility index (Phi) is 8.84. The number of ether oxygens (including phenoxy) is 2. The van der Waals surface area contributed by atoms with Crippen LogP contribution in [-0.4, -0.2) is 115 Å². The Bertz CT molecular complexity index is 1870. The number of H-pyrrole nitrogens is 2. The summed E-state index contributed by atoms with van der Waals surface area (Å²) in [6, 6.07) is 0. The topological polar surface area (TPSA) is 352 Å². The maximum atomic E-state index is 13.0. The molecule has 2 saturated heterocycles. The maximum absolute atomic E-state index is 13.0. The van der Waals surface area contributed by atoms with Crippen molar-refractivity contribution in [3.63, 3.8) is 0 Å². The Hall–Kier alpha value is -3.57. The maximum Gasteiger partial charge on any atom is 0.695 e. The third-order valence-electron chi connectivity index (χ3n) is 7.35. The molecule has 0 saturated carbocycles. The molecule has 2 fully saturated rings. The molecular formula is C21H27N10O13P2+. The zero-order valence-corrected chi connectivity index (χ0v) is 24.9. The zero-order chi connectivity index (χ0) is 32.9. The molecule has 0 aliphatic carbocycles. The van der Waals surface area contributed by atoms with Gasteiger partial charge >= 0.3 is 16.1 Å². The number of hydrogen-bond acceptors (Lipinski definition) is 18. The van der Waals surface area contributed by atoms with Crippen molar-refractivity contribution in [2.24, 2.45) is 0 Å². The highest BCUT2D eigenvalue weighted by atomic mass is 31.2. The van der Waals surface area contributed by atoms with Crippen molar-refractivity contribution in [1.29, 1.82) is 0 Å². The minimum atomic E-state index is -5.04. The highest BCUT2D eigenvalue weighted by Gasteiger charge is 2.52. The molecule has 0 amide bonds. The van der Waals surface area contributed by atoms with E-state index in [4.69, 9.17) is 34.5 Å². The van der Waals surface area contributed by atoms with Gasteiger partial charge in [-0.25, -0.2) is 19.5 Å². The average molecular weight is 689 g/mol. The van der Waals surface area contributed by atoms with Crippen LogP contribution in [0.3, 0.4) is 0 Å². The number of nitrogens with zero attached hydrogens (tertiary/aromatic N) is 6. The molecule has 2 aliphatic rings. The predicted molar refractivity (Wildman–Crippen MR) is 149 cm³/mol. The van der Waals surface area contributed by atoms with Crippen LogP contribution in [0, 0.1) is 0 Å². The van der Waals surface area contributed by atoms with Crippen molar-refractivity contribution >= 4 is 50.0 Å². The van der Waals surface area contributed by atoms with E-state index < -0.39 is 83.8 Å². The minimum absolute atomic E-state index is 0.0514. The first-order valence-electron chi connectivity index (χ1n) is 13.3. The predicted octanol–water partition coefficient (Wildman–Crippen LogP) is -2.37. The number of anilines is 2. The fourth-order valence-corrected chi connectivity index (χ4v) is 6.72. The van der Waals surface area contributed by atoms with E-state index in [1.54, 1.807) is 0 Å². The van der Waals surface area contributed by atoms with Crippen LogP contribution in [-0.2, 0) is 32.2 Å². The molecule has 23 nitrogen and oxygen atoms in total. The van der Waals surface area contributed by atoms with E-state index in [9.17, 15) is 39.0 Å². The number of imidazole rings is 1. The SMILES string of the molecule is Nc1nc2c(ncn2[C@@H]2O[C@H](CO)[C@@H](O)[C@H]2OP(=O)(O)OCC[C@H]2O[C@@H](c3[nH]nc4c(N)ncnc34)[C@H](O)[C@@H]2O[P+](=O)O)c(=O)[nH]1. The number of fused-ring (bicyclic) bond motifs is 2. The highest BCUT2D eigenvalue weighted by Crippen LogP contribution is 2.50. The second-order valence-electron chi connectivity index (χ2n) is 10.2. The summed E-state index contributed by atoms with van der Waals surface area (Å²) in [5, 5.41) is 38.0. The van der Waals surface area contributed by atoms with Crippen LogP contribution in [0.4, 0.5) is 11.8 Å². The molecule has 10 atom stereocenters. The fourth-order valence-electron chi connectivity index (χ4n) is 5.32. The first-order chi connectivity index (χ1) is 21.9. The molecule has 0 radical (unpaired) electrons. The fraction of sp³-hybridized carbons (Fsp3) is 0.524. The summed E-state index contributed by atoms with van der Waals surface area (Å²) in [5.41, 5.74) is 11.1. The number of aromatic amines is 2. The van der Waals surface area contributed by atoms with E-state index in [1.165, 1.54) is 6.33 Å². The van der Waals surface area contributed by atoms with Gasteiger partial charge in [-0.1, -0.05) is 0 Å². The number of rotatable bonds is 11. The third-order valence-corrected chi connectivity index (χ3v) is 8.80. The molecule has 4 aromatic rings. The van der Waals surface area contributed by atoms with Gasteiger partial charge in [0.1, 0.15) is 42.4 Å². The van der Waals surface area contributed by atoms with Gasteiger partial charge in [-0.3, -0.25) is 28.5 Å². The molecule has 11 N–H and O–H groups in total. The van der Waals surface area contributed by atoms with Gasteiger partial charge in [-0.15, -0.1) is 9.42 Å². The van der Waals surface area contributed by atoms with Crippen molar-refractivity contribution in [3.05, 3.63) is 28.7 Å². The molecule has 6 heterocycles. The molecular weight excluding hydrogens is 662 g/mol. The van der Waals surface area contributed by atoms with Crippen molar-refractivity contribution in [2.45, 2.75) is 55.4 Å². The van der Waals surface area contributed by atoms with E-state index in [-0.39, 0.29) is 46.1 Å². The van der Waals surface area contributed by atoms with E-state index >= 15 is 0 Å². The lowest BCUT2D eigenvalue weighted by molar-refractivity contribution is -0.0518. The van der Waals surface area contributed by atoms with Crippen LogP contribution in [0.1, 0.15) is 24.4 Å². The van der Waals surface area contributed by atoms with Crippen molar-refractivity contribution in [2.75, 3.05) is 24.7 Å². The number of nitrogen functional groups attached to an aromatic ring is 2. The Balaban J connectivity index is 1.17. The molecule has 248 valence electrons. The number of phosphoric ester groups is 1. The third kappa shape index (κ3) is 5.99. The van der Waals surface area contributed by atoms with Crippen molar-refractivity contribution < 1.29 is 57.3 Å². The van der Waals surface area contributed by atoms with Gasteiger partial charge in [0.25, 0.3) is 5.56 Å². The van der Waals surface area contributed by atoms with E-state index in [0.29, 0.717) is 0 Å². The summed E-state index contributed by atoms with van der Waals surface area (Å²) in [6.45, 7) is -1.30. The van der Waals surface area contributed by atoms with Crippen molar-refractivity contribution in [1.82, 2.24) is 39.7 Å². The molecule has 46 heavy (non-hydrogen) atoms. The van der Waals surface area contributed by atoms with Crippen molar-refractivity contribution in [3.8, 4) is 0 Å². The highest BCUT2D eigenvalue weighted by molar-refractivity contribution is 7.47. The lowest BCUT2D eigenvalue weighted by Crippen LogP contribution is -2.35. The minimum Gasteiger partial charge on any atom is -0.394 e. The number of aliphatic hydroxyl groups excluding tert-OH is 3. The van der Waals surface area contributed by atoms with Crippen LogP contribution in [0.5, 0.6) is 0 Å². The van der Waals surface area contributed by atoms with E-state index in [0.717, 1.165) is 10.9 Å².